The highest BCUT2D eigenvalue weighted by molar-refractivity contribution is 9.10. The van der Waals surface area contributed by atoms with E-state index in [-0.39, 0.29) is 5.76 Å². The van der Waals surface area contributed by atoms with E-state index in [4.69, 9.17) is 32.4 Å². The number of carbonyl (C=O) groups excluding carboxylic acids is 2. The fourth-order valence-corrected chi connectivity index (χ4v) is 2.40. The average molecular weight is 407 g/mol. The monoisotopic (exact) mass is 405 g/mol. The Kier molecular flexibility index (Phi) is 5.50. The molecule has 1 amide bonds. The minimum absolute atomic E-state index is 0.00248. The van der Waals surface area contributed by atoms with Gasteiger partial charge in [-0.2, -0.15) is 0 Å². The number of anilines is 1. The number of furan rings is 1. The third-order valence-corrected chi connectivity index (χ3v) is 3.42. The second kappa shape index (κ2) is 7.17. The van der Waals surface area contributed by atoms with E-state index >= 15 is 0 Å². The van der Waals surface area contributed by atoms with Crippen molar-refractivity contribution in [1.82, 2.24) is 0 Å². The van der Waals surface area contributed by atoms with Crippen molar-refractivity contribution in [3.05, 3.63) is 50.8 Å². The van der Waals surface area contributed by atoms with Crippen molar-refractivity contribution in [2.24, 2.45) is 0 Å². The zero-order chi connectivity index (χ0) is 16.3. The first-order valence-corrected chi connectivity index (χ1v) is 7.63. The van der Waals surface area contributed by atoms with E-state index in [2.05, 4.69) is 21.2 Å². The highest BCUT2D eigenvalue weighted by Crippen LogP contribution is 2.22. The van der Waals surface area contributed by atoms with Gasteiger partial charge in [0.15, 0.2) is 10.8 Å². The fourth-order valence-electron chi connectivity index (χ4n) is 1.57. The van der Waals surface area contributed by atoms with Crippen molar-refractivity contribution < 1.29 is 18.7 Å². The number of nitrogens with one attached hydrogen (secondary N) is 1. The predicted octanol–water partition coefficient (Wildman–Crippen LogP) is 4.53. The van der Waals surface area contributed by atoms with Crippen LogP contribution < -0.4 is 5.32 Å². The maximum absolute atomic E-state index is 12.0. The Bertz CT molecular complexity index is 696. The highest BCUT2D eigenvalue weighted by Gasteiger charge is 2.21. The molecular formula is C14H10BrCl2NO4. The van der Waals surface area contributed by atoms with Crippen LogP contribution in [0.5, 0.6) is 0 Å². The number of halogens is 3. The summed E-state index contributed by atoms with van der Waals surface area (Å²) in [4.78, 5) is 23.8. The molecule has 8 heteroatoms. The van der Waals surface area contributed by atoms with E-state index < -0.39 is 18.0 Å². The molecule has 0 saturated heterocycles. The summed E-state index contributed by atoms with van der Waals surface area (Å²) >= 11 is 14.8. The number of benzene rings is 1. The molecule has 0 aliphatic heterocycles. The highest BCUT2D eigenvalue weighted by atomic mass is 79.9. The van der Waals surface area contributed by atoms with Gasteiger partial charge in [0.25, 0.3) is 5.91 Å². The summed E-state index contributed by atoms with van der Waals surface area (Å²) in [6.45, 7) is 1.44. The second-order valence-electron chi connectivity index (χ2n) is 4.30. The molecule has 0 fully saturated rings. The molecule has 0 bridgehead atoms. The third kappa shape index (κ3) is 4.50. The van der Waals surface area contributed by atoms with Gasteiger partial charge in [-0.15, -0.1) is 0 Å². The molecular weight excluding hydrogens is 397 g/mol. The Balaban J connectivity index is 1.98. The van der Waals surface area contributed by atoms with Crippen LogP contribution in [-0.2, 0) is 9.53 Å². The molecule has 0 saturated carbocycles. The third-order valence-electron chi connectivity index (χ3n) is 2.56. The van der Waals surface area contributed by atoms with Crippen LogP contribution in [0.15, 0.2) is 39.4 Å². The number of hydrogen-bond donors (Lipinski definition) is 1. The standard InChI is InChI=1S/C14H10BrCl2NO4/c1-7(21-14(20)11-2-3-12(15)22-11)13(19)18-10-5-8(16)4-9(17)6-10/h2-7H,1H3,(H,18,19)/t7-/m0/s1. The van der Waals surface area contributed by atoms with Crippen LogP contribution in [0.4, 0.5) is 5.69 Å². The molecule has 1 heterocycles. The molecule has 0 aliphatic rings. The van der Waals surface area contributed by atoms with Crippen LogP contribution in [-0.4, -0.2) is 18.0 Å². The van der Waals surface area contributed by atoms with Gasteiger partial charge >= 0.3 is 5.97 Å². The molecule has 1 aromatic carbocycles. The van der Waals surface area contributed by atoms with Crippen LogP contribution in [0.1, 0.15) is 17.5 Å². The first kappa shape index (κ1) is 16.9. The first-order chi connectivity index (χ1) is 10.3. The summed E-state index contributed by atoms with van der Waals surface area (Å²) in [5.41, 5.74) is 0.408. The van der Waals surface area contributed by atoms with E-state index in [1.54, 1.807) is 6.07 Å². The molecule has 5 nitrogen and oxygen atoms in total. The summed E-state index contributed by atoms with van der Waals surface area (Å²) in [7, 11) is 0. The minimum atomic E-state index is -1.02. The maximum Gasteiger partial charge on any atom is 0.375 e. The smallest absolute Gasteiger partial charge is 0.375 e. The van der Waals surface area contributed by atoms with Gasteiger partial charge in [0.2, 0.25) is 5.76 Å². The number of amides is 1. The van der Waals surface area contributed by atoms with E-state index in [0.717, 1.165) is 0 Å². The van der Waals surface area contributed by atoms with Gasteiger partial charge in [-0.05, 0) is 53.2 Å². The molecule has 2 aromatic rings. The van der Waals surface area contributed by atoms with Crippen LogP contribution in [0.2, 0.25) is 10.0 Å². The van der Waals surface area contributed by atoms with Gasteiger partial charge in [-0.3, -0.25) is 4.79 Å². The average Bonchev–Trinajstić information content (AvgIpc) is 2.84. The van der Waals surface area contributed by atoms with Crippen LogP contribution in [0, 0.1) is 0 Å². The van der Waals surface area contributed by atoms with Gasteiger partial charge in [0.05, 0.1) is 0 Å². The summed E-state index contributed by atoms with van der Waals surface area (Å²) in [5.74, 6) is -1.26. The van der Waals surface area contributed by atoms with Gasteiger partial charge in [-0.1, -0.05) is 23.2 Å². The zero-order valence-electron chi connectivity index (χ0n) is 11.2. The summed E-state index contributed by atoms with van der Waals surface area (Å²) in [6, 6.07) is 7.59. The summed E-state index contributed by atoms with van der Waals surface area (Å²) < 4.78 is 10.5. The predicted molar refractivity (Wildman–Crippen MR) is 86.4 cm³/mol. The van der Waals surface area contributed by atoms with E-state index in [1.807, 2.05) is 0 Å². The first-order valence-electron chi connectivity index (χ1n) is 6.08. The Labute approximate surface area is 144 Å². The summed E-state index contributed by atoms with van der Waals surface area (Å²) in [5, 5.41) is 3.33. The lowest BCUT2D eigenvalue weighted by atomic mass is 10.3. The topological polar surface area (TPSA) is 68.5 Å². The van der Waals surface area contributed by atoms with Gasteiger partial charge < -0.3 is 14.5 Å². The molecule has 1 N–H and O–H groups in total. The fraction of sp³-hybridized carbons (Fsp3) is 0.143. The number of carbonyl (C=O) groups is 2. The lowest BCUT2D eigenvalue weighted by Gasteiger charge is -2.13. The van der Waals surface area contributed by atoms with Crippen molar-refractivity contribution in [2.75, 3.05) is 5.32 Å². The maximum atomic E-state index is 12.0. The number of ether oxygens (including phenoxy) is 1. The lowest BCUT2D eigenvalue weighted by molar-refractivity contribution is -0.123. The number of rotatable bonds is 4. The molecule has 22 heavy (non-hydrogen) atoms. The molecule has 0 radical (unpaired) electrons. The largest absolute Gasteiger partial charge is 0.447 e. The Morgan fingerprint density at radius 2 is 1.86 bits per heavy atom. The summed E-state index contributed by atoms with van der Waals surface area (Å²) in [6.07, 6.45) is -1.02. The normalized spacial score (nSPS) is 11.8. The van der Waals surface area contributed by atoms with Crippen molar-refractivity contribution >= 4 is 56.7 Å². The molecule has 0 spiro atoms. The van der Waals surface area contributed by atoms with E-state index in [1.165, 1.54) is 31.2 Å². The van der Waals surface area contributed by atoms with Crippen LogP contribution in [0.25, 0.3) is 0 Å². The van der Waals surface area contributed by atoms with Gasteiger partial charge in [0.1, 0.15) is 0 Å². The van der Waals surface area contributed by atoms with Crippen molar-refractivity contribution in [2.45, 2.75) is 13.0 Å². The lowest BCUT2D eigenvalue weighted by Crippen LogP contribution is -2.29. The Morgan fingerprint density at radius 3 is 2.41 bits per heavy atom. The molecule has 116 valence electrons. The SMILES string of the molecule is C[C@H](OC(=O)c1ccc(Br)o1)C(=O)Nc1cc(Cl)cc(Cl)c1. The van der Waals surface area contributed by atoms with Crippen molar-refractivity contribution in [3.8, 4) is 0 Å². The van der Waals surface area contributed by atoms with Crippen molar-refractivity contribution in [1.29, 1.82) is 0 Å². The van der Waals surface area contributed by atoms with E-state index in [0.29, 0.717) is 20.4 Å². The van der Waals surface area contributed by atoms with Crippen LogP contribution >= 0.6 is 39.1 Å². The van der Waals surface area contributed by atoms with E-state index in [9.17, 15) is 9.59 Å². The number of esters is 1. The number of hydrogen-bond acceptors (Lipinski definition) is 4. The quantitative estimate of drug-likeness (QED) is 0.757. The second-order valence-corrected chi connectivity index (χ2v) is 5.95. The van der Waals surface area contributed by atoms with Crippen LogP contribution in [0.3, 0.4) is 0 Å². The van der Waals surface area contributed by atoms with Gasteiger partial charge in [-0.25, -0.2) is 4.79 Å². The molecule has 1 aromatic heterocycles. The molecule has 1 atom stereocenters. The zero-order valence-corrected chi connectivity index (χ0v) is 14.3. The van der Waals surface area contributed by atoms with Crippen molar-refractivity contribution in [3.63, 3.8) is 0 Å². The molecule has 0 aliphatic carbocycles. The molecule has 0 unspecified atom stereocenters. The molecule has 2 rings (SSSR count). The Hall–Kier alpha value is -1.50. The Morgan fingerprint density at radius 1 is 1.23 bits per heavy atom. The van der Waals surface area contributed by atoms with Gasteiger partial charge in [0, 0.05) is 15.7 Å². The minimum Gasteiger partial charge on any atom is -0.447 e.